The molecule has 1 aliphatic carbocycles. The highest BCUT2D eigenvalue weighted by Crippen LogP contribution is 2.58. The van der Waals surface area contributed by atoms with E-state index in [1.165, 1.54) is 75.5 Å². The Hall–Kier alpha value is -3.31. The largest absolute Gasteiger partial charge is 0.426 e. The lowest BCUT2D eigenvalue weighted by Gasteiger charge is -2.62. The molecular weight excluding hydrogens is 825 g/mol. The van der Waals surface area contributed by atoms with Crippen LogP contribution in [-0.4, -0.2) is 42.3 Å². The maximum Gasteiger partial charge on any atom is 0.338 e. The van der Waals surface area contributed by atoms with Crippen LogP contribution in [0.25, 0.3) is 0 Å². The molecule has 0 saturated heterocycles. The van der Waals surface area contributed by atoms with Gasteiger partial charge >= 0.3 is 11.9 Å². The zero-order valence-corrected chi connectivity index (χ0v) is 45.1. The van der Waals surface area contributed by atoms with E-state index in [9.17, 15) is 9.59 Å². The van der Waals surface area contributed by atoms with Crippen molar-refractivity contribution in [2.75, 3.05) is 0 Å². The maximum atomic E-state index is 13.0. The number of hydrogen-bond donors (Lipinski definition) is 0. The molecule has 2 aliphatic heterocycles. The van der Waals surface area contributed by atoms with Gasteiger partial charge in [-0.2, -0.15) is 0 Å². The van der Waals surface area contributed by atoms with Gasteiger partial charge in [0.05, 0.1) is 20.6 Å². The molecule has 2 heterocycles. The summed E-state index contributed by atoms with van der Waals surface area (Å²) in [7, 11) is -5.62. The number of para-hydroxylation sites is 2. The molecule has 2 bridgehead atoms. The number of ether oxygens (including phenoxy) is 2. The molecule has 0 spiro atoms. The number of allylic oxidation sites excluding steroid dienone is 4. The van der Waals surface area contributed by atoms with E-state index in [1.807, 2.05) is 36.4 Å². The lowest BCUT2D eigenvalue weighted by molar-refractivity contribution is -0.143. The van der Waals surface area contributed by atoms with Crippen LogP contribution in [0.4, 0.5) is 0 Å². The summed E-state index contributed by atoms with van der Waals surface area (Å²) in [5, 5.41) is 0.257. The number of unbranched alkanes of at least 4 members (excludes halogenated alkanes) is 4. The van der Waals surface area contributed by atoms with Crippen LogP contribution in [0.1, 0.15) is 105 Å². The monoisotopic (exact) mass is 909 g/mol. The van der Waals surface area contributed by atoms with Crippen molar-refractivity contribution in [2.24, 2.45) is 5.41 Å². The Kier molecular flexibility index (Phi) is 20.6. The van der Waals surface area contributed by atoms with Gasteiger partial charge in [0, 0.05) is 25.8 Å². The highest BCUT2D eigenvalue weighted by atomic mass is 29.3. The Labute approximate surface area is 382 Å². The zero-order chi connectivity index (χ0) is 46.1. The van der Waals surface area contributed by atoms with Crippen molar-refractivity contribution in [1.82, 2.24) is 0 Å². The van der Waals surface area contributed by atoms with Gasteiger partial charge in [-0.25, -0.2) is 4.79 Å². The Bertz CT molecular complexity index is 1860. The van der Waals surface area contributed by atoms with E-state index in [1.54, 1.807) is 36.8 Å². The summed E-state index contributed by atoms with van der Waals surface area (Å²) in [6.45, 7) is 31.8. The normalized spacial score (nSPS) is 21.5. The van der Waals surface area contributed by atoms with Gasteiger partial charge in [0.2, 0.25) is 0 Å². The standard InChI is InChI=1S/C22H40O2Si2.C22H34Si2.C10H10O2/c1-8-10-17-26(18-11-9-2,25(5,6)7)19-22(3,4)21(23)24-20-15-13-12-14-16-20;1-5-7-18-23(3)21-14-16-22(17-15-21,20-12-10-9-11-13-20)24(23,4)19-8-6-2;1-8(2)10(11)12-9-6-4-3-5-7-9/h12-16H,8-11,17-19H2,1-7H3;9-17,21H,5-8,18-19H2,1-4H3;3-7H,1H2,2H3. The van der Waals surface area contributed by atoms with Gasteiger partial charge in [0.1, 0.15) is 11.5 Å². The average Bonchev–Trinajstić information content (AvgIpc) is 3.26. The Balaban J connectivity index is 0.000000263. The van der Waals surface area contributed by atoms with Crippen molar-refractivity contribution in [3.8, 4) is 11.5 Å². The van der Waals surface area contributed by atoms with E-state index in [-0.39, 0.29) is 17.0 Å². The quantitative estimate of drug-likeness (QED) is 0.0373. The number of carbonyl (C=O) groups excluding carboxylic acids is 2. The first kappa shape index (κ1) is 53.0. The molecule has 2 atom stereocenters. The van der Waals surface area contributed by atoms with Crippen LogP contribution in [-0.2, 0) is 14.6 Å². The van der Waals surface area contributed by atoms with Crippen LogP contribution in [0.3, 0.4) is 0 Å². The van der Waals surface area contributed by atoms with Crippen molar-refractivity contribution in [3.63, 3.8) is 0 Å². The molecule has 3 aromatic carbocycles. The van der Waals surface area contributed by atoms with Gasteiger partial charge in [0.25, 0.3) is 0 Å². The smallest absolute Gasteiger partial charge is 0.338 e. The first-order valence-electron chi connectivity index (χ1n) is 24.0. The fourth-order valence-electron chi connectivity index (χ4n) is 10.2. The minimum absolute atomic E-state index is 0.0631. The summed E-state index contributed by atoms with van der Waals surface area (Å²) >= 11 is 0. The van der Waals surface area contributed by atoms with Gasteiger partial charge in [-0.05, 0) is 62.2 Å². The van der Waals surface area contributed by atoms with Crippen LogP contribution < -0.4 is 9.47 Å². The molecule has 4 nitrogen and oxygen atoms in total. The number of carbonyl (C=O) groups is 2. The van der Waals surface area contributed by atoms with E-state index in [0.717, 1.165) is 11.6 Å². The molecule has 3 aromatic rings. The molecule has 0 radical (unpaired) electrons. The first-order valence-corrected chi connectivity index (χ1v) is 37.6. The van der Waals surface area contributed by atoms with E-state index in [0.29, 0.717) is 17.1 Å². The van der Waals surface area contributed by atoms with Gasteiger partial charge in [0.15, 0.2) is 0 Å². The molecule has 3 aliphatic rings. The zero-order valence-electron chi connectivity index (χ0n) is 41.1. The fourth-order valence-corrected chi connectivity index (χ4v) is 44.6. The molecule has 6 rings (SSSR count). The first-order chi connectivity index (χ1) is 29.3. The molecule has 340 valence electrons. The number of fused-ring (bicyclic) bond motifs is 1. The lowest BCUT2D eigenvalue weighted by atomic mass is 9.93. The molecule has 62 heavy (non-hydrogen) atoms. The minimum Gasteiger partial charge on any atom is -0.426 e. The van der Waals surface area contributed by atoms with Crippen LogP contribution >= 0.6 is 0 Å². The maximum absolute atomic E-state index is 13.0. The van der Waals surface area contributed by atoms with E-state index in [4.69, 9.17) is 9.47 Å². The number of rotatable bonds is 20. The predicted molar refractivity (Wildman–Crippen MR) is 279 cm³/mol. The van der Waals surface area contributed by atoms with Crippen LogP contribution in [0.5, 0.6) is 11.5 Å². The Morgan fingerprint density at radius 1 is 0.677 bits per heavy atom. The topological polar surface area (TPSA) is 52.6 Å². The van der Waals surface area contributed by atoms with Crippen molar-refractivity contribution in [3.05, 3.63) is 133 Å². The van der Waals surface area contributed by atoms with Crippen molar-refractivity contribution in [2.45, 2.75) is 173 Å². The summed E-state index contributed by atoms with van der Waals surface area (Å²) in [6, 6.07) is 36.7. The fraction of sp³-hybridized carbons (Fsp3) is 0.519. The molecule has 8 heteroatoms. The number of benzene rings is 3. The summed E-state index contributed by atoms with van der Waals surface area (Å²) in [5.41, 5.74) is 2.35. The van der Waals surface area contributed by atoms with E-state index >= 15 is 0 Å². The second-order valence-corrected chi connectivity index (χ2v) is 51.2. The number of esters is 2. The second-order valence-electron chi connectivity index (χ2n) is 20.4. The van der Waals surface area contributed by atoms with Gasteiger partial charge in [-0.15, -0.1) is 0 Å². The third kappa shape index (κ3) is 13.1. The molecule has 0 fully saturated rings. The van der Waals surface area contributed by atoms with Crippen LogP contribution in [0.15, 0.2) is 127 Å². The highest BCUT2D eigenvalue weighted by Gasteiger charge is 2.64. The Morgan fingerprint density at radius 3 is 1.55 bits per heavy atom. The summed E-state index contributed by atoms with van der Waals surface area (Å²) < 4.78 is 10.7. The molecule has 0 saturated carbocycles. The molecule has 0 aromatic heterocycles. The molecule has 0 amide bonds. The van der Waals surface area contributed by atoms with Gasteiger partial charge in [-0.3, -0.25) is 4.79 Å². The van der Waals surface area contributed by atoms with Gasteiger partial charge in [-0.1, -0.05) is 234 Å². The average molecular weight is 910 g/mol. The lowest BCUT2D eigenvalue weighted by Crippen LogP contribution is -2.74. The van der Waals surface area contributed by atoms with Crippen LogP contribution in [0.2, 0.25) is 68.5 Å². The summed E-state index contributed by atoms with van der Waals surface area (Å²) in [6.07, 6.45) is 21.1. The van der Waals surface area contributed by atoms with E-state index in [2.05, 4.69) is 135 Å². The van der Waals surface area contributed by atoms with Crippen molar-refractivity contribution < 1.29 is 19.1 Å². The summed E-state index contributed by atoms with van der Waals surface area (Å²) in [5.74, 6) is 0.756. The third-order valence-corrected chi connectivity index (χ3v) is 54.4. The van der Waals surface area contributed by atoms with Gasteiger partial charge < -0.3 is 9.47 Å². The second kappa shape index (κ2) is 24.1. The van der Waals surface area contributed by atoms with Crippen molar-refractivity contribution in [1.29, 1.82) is 0 Å². The number of hydrogen-bond acceptors (Lipinski definition) is 4. The predicted octanol–water partition coefficient (Wildman–Crippen LogP) is 16.1. The third-order valence-electron chi connectivity index (χ3n) is 14.6. The molecular formula is C54H84O4Si4. The Morgan fingerprint density at radius 2 is 1.11 bits per heavy atom. The SMILES string of the molecule is C=C(C)C(=O)Oc1ccccc1.CCCC[Si](CCCC)(CC(C)(C)C(=O)Oc1ccccc1)[Si](C)(C)C.CCCC[Si]1(C)C2C=CC(c3ccccc3)(C=C2)[Si]1(C)CCCC. The highest BCUT2D eigenvalue weighted by molar-refractivity contribution is 7.44. The molecule has 2 unspecified atom stereocenters. The summed E-state index contributed by atoms with van der Waals surface area (Å²) in [4.78, 5) is 24.0. The van der Waals surface area contributed by atoms with Crippen LogP contribution in [0, 0.1) is 5.41 Å². The van der Waals surface area contributed by atoms with Crippen molar-refractivity contribution >= 4 is 42.3 Å². The molecule has 0 N–H and O–H groups in total. The minimum atomic E-state index is -1.52. The van der Waals surface area contributed by atoms with E-state index < -0.39 is 35.8 Å².